The van der Waals surface area contributed by atoms with Crippen LogP contribution in [0.15, 0.2) is 23.0 Å². The number of unbranched alkanes of at least 4 members (excludes halogenated alkanes) is 4. The second kappa shape index (κ2) is 13.7. The lowest BCUT2D eigenvalue weighted by atomic mass is 10.0. The van der Waals surface area contributed by atoms with Gasteiger partial charge in [0.2, 0.25) is 11.8 Å². The third-order valence-corrected chi connectivity index (χ3v) is 8.71. The largest absolute Gasteiger partial charge is 0.384 e. The molecule has 10 nitrogen and oxygen atoms in total. The van der Waals surface area contributed by atoms with Gasteiger partial charge in [-0.3, -0.25) is 29.2 Å². The Kier molecular flexibility index (Phi) is 9.83. The molecule has 0 aliphatic carbocycles. The van der Waals surface area contributed by atoms with E-state index < -0.39 is 11.9 Å². The molecule has 1 aromatic heterocycles. The molecular weight excluding hydrogens is 508 g/mol. The Morgan fingerprint density at radius 1 is 0.975 bits per heavy atom. The molecule has 218 valence electrons. The molecule has 1 atom stereocenters. The molecular formula is C30H44N6O4. The number of carbonyl (C=O) groups is 2. The number of morpholine rings is 1. The highest BCUT2D eigenvalue weighted by atomic mass is 16.5. The van der Waals surface area contributed by atoms with Crippen LogP contribution < -0.4 is 16.2 Å². The lowest BCUT2D eigenvalue weighted by Crippen LogP contribution is -2.49. The monoisotopic (exact) mass is 552 g/mol. The second-order valence-corrected chi connectivity index (χ2v) is 11.4. The van der Waals surface area contributed by atoms with E-state index in [2.05, 4.69) is 25.4 Å². The molecule has 1 unspecified atom stereocenters. The SMILES string of the molecule is Cc1nc2cccc(NCCCCCCCN3CCC(N4CCOCC4)CC3)c2c(=O)n1C1CCC(=O)NC1=O. The predicted molar refractivity (Wildman–Crippen MR) is 156 cm³/mol. The van der Waals surface area contributed by atoms with Crippen molar-refractivity contribution in [1.29, 1.82) is 0 Å². The molecule has 10 heteroatoms. The number of amides is 2. The molecule has 2 N–H and O–H groups in total. The molecule has 1 aromatic carbocycles. The highest BCUT2D eigenvalue weighted by molar-refractivity contribution is 5.99. The first-order valence-electron chi connectivity index (χ1n) is 15.1. The summed E-state index contributed by atoms with van der Waals surface area (Å²) in [4.78, 5) is 47.5. The van der Waals surface area contributed by atoms with Crippen LogP contribution in [-0.2, 0) is 14.3 Å². The van der Waals surface area contributed by atoms with Crippen molar-refractivity contribution in [2.75, 3.05) is 57.8 Å². The van der Waals surface area contributed by atoms with E-state index in [4.69, 9.17) is 4.74 Å². The van der Waals surface area contributed by atoms with E-state index in [-0.39, 0.29) is 17.9 Å². The van der Waals surface area contributed by atoms with Crippen LogP contribution in [0.3, 0.4) is 0 Å². The third kappa shape index (κ3) is 6.90. The molecule has 40 heavy (non-hydrogen) atoms. The topological polar surface area (TPSA) is 109 Å². The zero-order valence-electron chi connectivity index (χ0n) is 23.8. The van der Waals surface area contributed by atoms with E-state index in [1.807, 2.05) is 18.2 Å². The summed E-state index contributed by atoms with van der Waals surface area (Å²) < 4.78 is 6.94. The number of ether oxygens (including phenoxy) is 1. The zero-order chi connectivity index (χ0) is 27.9. The predicted octanol–water partition coefficient (Wildman–Crippen LogP) is 2.84. The number of aromatic nitrogens is 2. The van der Waals surface area contributed by atoms with Gasteiger partial charge in [0.15, 0.2) is 0 Å². The molecule has 3 aliphatic rings. The van der Waals surface area contributed by atoms with Crippen LogP contribution in [0.4, 0.5) is 5.69 Å². The summed E-state index contributed by atoms with van der Waals surface area (Å²) in [6.07, 6.45) is 8.98. The molecule has 3 fully saturated rings. The van der Waals surface area contributed by atoms with Crippen LogP contribution >= 0.6 is 0 Å². The van der Waals surface area contributed by atoms with Crippen molar-refractivity contribution in [3.8, 4) is 0 Å². The van der Waals surface area contributed by atoms with Crippen molar-refractivity contribution in [3.05, 3.63) is 34.4 Å². The quantitative estimate of drug-likeness (QED) is 0.324. The Morgan fingerprint density at radius 2 is 1.73 bits per heavy atom. The Bertz CT molecular complexity index is 1230. The maximum absolute atomic E-state index is 13.5. The molecule has 3 aliphatic heterocycles. The maximum Gasteiger partial charge on any atom is 0.264 e. The number of carbonyl (C=O) groups excluding carboxylic acids is 2. The summed E-state index contributed by atoms with van der Waals surface area (Å²) in [6, 6.07) is 5.66. The minimum absolute atomic E-state index is 0.216. The standard InChI is InChI=1S/C30H44N6O4/c1-22-32-25-9-7-8-24(28(25)30(39)36(22)26-10-11-27(37)33-29(26)38)31-14-5-3-2-4-6-15-34-16-12-23(13-17-34)35-18-20-40-21-19-35/h7-9,23,26,31H,2-6,10-21H2,1H3,(H,33,37,38). The van der Waals surface area contributed by atoms with Gasteiger partial charge in [-0.25, -0.2) is 4.98 Å². The number of benzene rings is 1. The number of hydrogen-bond acceptors (Lipinski definition) is 8. The lowest BCUT2D eigenvalue weighted by Gasteiger charge is -2.40. The number of imide groups is 1. The molecule has 0 saturated carbocycles. The molecule has 2 aromatic rings. The fraction of sp³-hybridized carbons (Fsp3) is 0.667. The molecule has 4 heterocycles. The molecule has 0 spiro atoms. The Balaban J connectivity index is 1.04. The normalized spacial score (nSPS) is 21.6. The zero-order valence-corrected chi connectivity index (χ0v) is 23.8. The van der Waals surface area contributed by atoms with Crippen molar-refractivity contribution in [2.24, 2.45) is 0 Å². The van der Waals surface area contributed by atoms with Gasteiger partial charge in [0.1, 0.15) is 11.9 Å². The van der Waals surface area contributed by atoms with Crippen LogP contribution in [0, 0.1) is 6.92 Å². The number of aryl methyl sites for hydroxylation is 1. The smallest absolute Gasteiger partial charge is 0.264 e. The Hall–Kier alpha value is -2.82. The number of rotatable bonds is 11. The van der Waals surface area contributed by atoms with Crippen molar-refractivity contribution < 1.29 is 14.3 Å². The lowest BCUT2D eigenvalue weighted by molar-refractivity contribution is -0.135. The van der Waals surface area contributed by atoms with Gasteiger partial charge < -0.3 is 15.0 Å². The van der Waals surface area contributed by atoms with Crippen LogP contribution in [0.25, 0.3) is 10.9 Å². The van der Waals surface area contributed by atoms with Crippen molar-refractivity contribution in [2.45, 2.75) is 76.8 Å². The summed E-state index contributed by atoms with van der Waals surface area (Å²) in [7, 11) is 0. The van der Waals surface area contributed by atoms with Crippen LogP contribution in [0.1, 0.15) is 69.7 Å². The number of hydrogen-bond donors (Lipinski definition) is 2. The Morgan fingerprint density at radius 3 is 2.50 bits per heavy atom. The minimum atomic E-state index is -0.716. The fourth-order valence-corrected chi connectivity index (χ4v) is 6.46. The fourth-order valence-electron chi connectivity index (χ4n) is 6.46. The van der Waals surface area contributed by atoms with Gasteiger partial charge in [-0.1, -0.05) is 25.3 Å². The number of piperidine rings is 2. The summed E-state index contributed by atoms with van der Waals surface area (Å²) in [6.45, 7) is 10.1. The minimum Gasteiger partial charge on any atom is -0.384 e. The maximum atomic E-state index is 13.5. The number of anilines is 1. The number of nitrogens with zero attached hydrogens (tertiary/aromatic N) is 4. The first-order chi connectivity index (χ1) is 19.5. The van der Waals surface area contributed by atoms with Crippen LogP contribution in [0.5, 0.6) is 0 Å². The van der Waals surface area contributed by atoms with E-state index in [9.17, 15) is 14.4 Å². The van der Waals surface area contributed by atoms with Gasteiger partial charge in [0.05, 0.1) is 24.1 Å². The van der Waals surface area contributed by atoms with Crippen molar-refractivity contribution in [1.82, 2.24) is 24.7 Å². The van der Waals surface area contributed by atoms with Gasteiger partial charge >= 0.3 is 0 Å². The average molecular weight is 553 g/mol. The van der Waals surface area contributed by atoms with E-state index in [1.165, 1.54) is 56.3 Å². The first kappa shape index (κ1) is 28.7. The van der Waals surface area contributed by atoms with E-state index >= 15 is 0 Å². The Labute approximate surface area is 236 Å². The van der Waals surface area contributed by atoms with E-state index in [0.29, 0.717) is 23.1 Å². The summed E-state index contributed by atoms with van der Waals surface area (Å²) in [5, 5.41) is 6.29. The average Bonchev–Trinajstić information content (AvgIpc) is 2.96. The van der Waals surface area contributed by atoms with Gasteiger partial charge in [0, 0.05) is 37.8 Å². The van der Waals surface area contributed by atoms with Gasteiger partial charge in [-0.05, 0) is 70.8 Å². The number of fused-ring (bicyclic) bond motifs is 1. The first-order valence-corrected chi connectivity index (χ1v) is 15.1. The summed E-state index contributed by atoms with van der Waals surface area (Å²) in [5.74, 6) is -0.261. The summed E-state index contributed by atoms with van der Waals surface area (Å²) >= 11 is 0. The molecule has 3 saturated heterocycles. The molecule has 2 amide bonds. The van der Waals surface area contributed by atoms with Gasteiger partial charge in [0.25, 0.3) is 5.56 Å². The molecule has 0 bridgehead atoms. The highest BCUT2D eigenvalue weighted by Gasteiger charge is 2.31. The van der Waals surface area contributed by atoms with E-state index in [1.54, 1.807) is 6.92 Å². The van der Waals surface area contributed by atoms with Crippen LogP contribution in [0.2, 0.25) is 0 Å². The third-order valence-electron chi connectivity index (χ3n) is 8.71. The molecule has 5 rings (SSSR count). The summed E-state index contributed by atoms with van der Waals surface area (Å²) in [5.41, 5.74) is 1.12. The van der Waals surface area contributed by atoms with Gasteiger partial charge in [-0.2, -0.15) is 0 Å². The van der Waals surface area contributed by atoms with Gasteiger partial charge in [-0.15, -0.1) is 0 Å². The molecule has 0 radical (unpaired) electrons. The van der Waals surface area contributed by atoms with Crippen molar-refractivity contribution >= 4 is 28.4 Å². The van der Waals surface area contributed by atoms with Crippen molar-refractivity contribution in [3.63, 3.8) is 0 Å². The van der Waals surface area contributed by atoms with Crippen LogP contribution in [-0.4, -0.2) is 89.7 Å². The highest BCUT2D eigenvalue weighted by Crippen LogP contribution is 2.24. The number of likely N-dealkylation sites (tertiary alicyclic amines) is 1. The van der Waals surface area contributed by atoms with E-state index in [0.717, 1.165) is 57.4 Å². The number of nitrogens with one attached hydrogen (secondary N) is 2. The second-order valence-electron chi connectivity index (χ2n) is 11.4.